The summed E-state index contributed by atoms with van der Waals surface area (Å²) in [6, 6.07) is 0. The van der Waals surface area contributed by atoms with Gasteiger partial charge in [0.25, 0.3) is 10.1 Å². The lowest BCUT2D eigenvalue weighted by molar-refractivity contribution is -0.207. The molecule has 0 spiro atoms. The van der Waals surface area contributed by atoms with Crippen LogP contribution in [-0.2, 0) is 14.9 Å². The van der Waals surface area contributed by atoms with Gasteiger partial charge in [-0.25, -0.2) is 0 Å². The number of hydrogen-bond donors (Lipinski definition) is 4. The number of rotatable bonds is 10. The third kappa shape index (κ3) is 6.27. The minimum absolute atomic E-state index is 0.0282. The maximum atomic E-state index is 13.2. The molecule has 0 heterocycles. The molecule has 0 bridgehead atoms. The molecule has 0 saturated heterocycles. The molecule has 0 unspecified atom stereocenters. The van der Waals surface area contributed by atoms with Gasteiger partial charge in [0.2, 0.25) is 5.91 Å². The van der Waals surface area contributed by atoms with Crippen molar-refractivity contribution in [2.45, 2.75) is 96.9 Å². The van der Waals surface area contributed by atoms with E-state index < -0.39 is 28.1 Å². The SMILES string of the molecule is C[C@H](CCC(=O)N(CCN(C)C)CCS(=O)(=O)O)[C@H]1CC[C@H]2[C@@H]3[C@H](O)C[C@@H]4C[C@H](O)CC[C@]4(C)[C@H]3C[C@H](O)[C@]12C. The van der Waals surface area contributed by atoms with E-state index in [9.17, 15) is 33.1 Å². The third-order valence-electron chi connectivity index (χ3n) is 12.1. The second-order valence-electron chi connectivity index (χ2n) is 14.5. The standard InChI is InChI=1S/C30H54N2O7S/c1-19(6-9-27(36)32(13-12-31(4)5)14-15-40(37,38)39)22-7-8-23-28-24(18-26(35)30(22,23)3)29(2)11-10-21(33)16-20(29)17-25(28)34/h19-26,28,33-35H,6-18H2,1-5H3,(H,37,38,39)/t19-,20+,21-,22-,23+,24+,25-,26+,28+,29+,30-/m1/s1. The first-order chi connectivity index (χ1) is 18.6. The van der Waals surface area contributed by atoms with Gasteiger partial charge < -0.3 is 25.1 Å². The molecule has 40 heavy (non-hydrogen) atoms. The molecule has 4 saturated carbocycles. The molecule has 11 atom stereocenters. The first-order valence-electron chi connectivity index (χ1n) is 15.5. The third-order valence-corrected chi connectivity index (χ3v) is 12.8. The minimum atomic E-state index is -4.16. The summed E-state index contributed by atoms with van der Waals surface area (Å²) in [5, 5.41) is 33.6. The number of aliphatic hydroxyl groups excluding tert-OH is 3. The first kappa shape index (κ1) is 32.1. The molecule has 0 aromatic heterocycles. The lowest BCUT2D eigenvalue weighted by Gasteiger charge is -2.63. The van der Waals surface area contributed by atoms with Crippen molar-refractivity contribution in [1.82, 2.24) is 9.80 Å². The van der Waals surface area contributed by atoms with Crippen LogP contribution in [-0.4, -0.2) is 102 Å². The predicted molar refractivity (Wildman–Crippen MR) is 154 cm³/mol. The van der Waals surface area contributed by atoms with Gasteiger partial charge in [-0.15, -0.1) is 0 Å². The molecule has 4 fully saturated rings. The molecule has 4 aliphatic rings. The molecule has 10 heteroatoms. The van der Waals surface area contributed by atoms with Crippen LogP contribution in [0.25, 0.3) is 0 Å². The van der Waals surface area contributed by atoms with Crippen molar-refractivity contribution in [2.24, 2.45) is 46.3 Å². The van der Waals surface area contributed by atoms with Crippen LogP contribution in [0.5, 0.6) is 0 Å². The molecule has 0 aromatic rings. The molecule has 0 radical (unpaired) electrons. The van der Waals surface area contributed by atoms with E-state index in [1.807, 2.05) is 19.0 Å². The number of carbonyl (C=O) groups is 1. The Kier molecular flexibility index (Phi) is 9.70. The van der Waals surface area contributed by atoms with Crippen molar-refractivity contribution >= 4 is 16.0 Å². The second-order valence-corrected chi connectivity index (χ2v) is 16.1. The quantitative estimate of drug-likeness (QED) is 0.287. The van der Waals surface area contributed by atoms with E-state index >= 15 is 0 Å². The highest BCUT2D eigenvalue weighted by Gasteiger charge is 2.65. The van der Waals surface area contributed by atoms with Crippen LogP contribution >= 0.6 is 0 Å². The van der Waals surface area contributed by atoms with Crippen LogP contribution in [0.3, 0.4) is 0 Å². The monoisotopic (exact) mass is 586 g/mol. The lowest BCUT2D eigenvalue weighted by Crippen LogP contribution is -2.62. The van der Waals surface area contributed by atoms with Crippen LogP contribution in [0.15, 0.2) is 0 Å². The zero-order chi connectivity index (χ0) is 29.6. The topological polar surface area (TPSA) is 139 Å². The van der Waals surface area contributed by atoms with Crippen molar-refractivity contribution in [3.8, 4) is 0 Å². The normalized spacial score (nSPS) is 42.1. The van der Waals surface area contributed by atoms with Crippen LogP contribution in [0.4, 0.5) is 0 Å². The Hall–Kier alpha value is -0.780. The minimum Gasteiger partial charge on any atom is -0.393 e. The first-order valence-corrected chi connectivity index (χ1v) is 17.1. The van der Waals surface area contributed by atoms with Crippen LogP contribution in [0.1, 0.15) is 78.6 Å². The average Bonchev–Trinajstić information content (AvgIpc) is 3.21. The van der Waals surface area contributed by atoms with Crippen LogP contribution in [0, 0.1) is 46.3 Å². The number of fused-ring (bicyclic) bond motifs is 5. The van der Waals surface area contributed by atoms with Crippen molar-refractivity contribution in [3.05, 3.63) is 0 Å². The van der Waals surface area contributed by atoms with E-state index in [1.54, 1.807) is 0 Å². The summed E-state index contributed by atoms with van der Waals surface area (Å²) in [6.45, 7) is 7.70. The number of carbonyl (C=O) groups excluding carboxylic acids is 1. The largest absolute Gasteiger partial charge is 0.393 e. The molecule has 232 valence electrons. The highest BCUT2D eigenvalue weighted by atomic mass is 32.2. The predicted octanol–water partition coefficient (Wildman–Crippen LogP) is 2.64. The molecule has 0 aromatic carbocycles. The Morgan fingerprint density at radius 2 is 1.68 bits per heavy atom. The van der Waals surface area contributed by atoms with Gasteiger partial charge in [0.15, 0.2) is 0 Å². The molecular formula is C30H54N2O7S. The number of hydrogen-bond acceptors (Lipinski definition) is 7. The summed E-state index contributed by atoms with van der Waals surface area (Å²) in [5.74, 6) is 0.785. The molecule has 4 rings (SSSR count). The highest BCUT2D eigenvalue weighted by Crippen LogP contribution is 2.68. The van der Waals surface area contributed by atoms with Gasteiger partial charge >= 0.3 is 0 Å². The van der Waals surface area contributed by atoms with Crippen molar-refractivity contribution in [2.75, 3.05) is 39.5 Å². The molecule has 4 N–H and O–H groups in total. The number of amides is 1. The summed E-state index contributed by atoms with van der Waals surface area (Å²) < 4.78 is 31.9. The molecule has 9 nitrogen and oxygen atoms in total. The summed E-state index contributed by atoms with van der Waals surface area (Å²) in [4.78, 5) is 16.6. The van der Waals surface area contributed by atoms with E-state index in [1.165, 1.54) is 4.90 Å². The fourth-order valence-corrected chi connectivity index (χ4v) is 10.2. The lowest BCUT2D eigenvalue weighted by atomic mass is 9.43. The van der Waals surface area contributed by atoms with E-state index in [4.69, 9.17) is 0 Å². The fourth-order valence-electron chi connectivity index (χ4n) is 9.75. The summed E-state index contributed by atoms with van der Waals surface area (Å²) >= 11 is 0. The Bertz CT molecular complexity index is 1010. The van der Waals surface area contributed by atoms with Crippen LogP contribution < -0.4 is 0 Å². The van der Waals surface area contributed by atoms with Gasteiger partial charge in [-0.3, -0.25) is 9.35 Å². The zero-order valence-electron chi connectivity index (χ0n) is 25.2. The Morgan fingerprint density at radius 1 is 0.975 bits per heavy atom. The van der Waals surface area contributed by atoms with Gasteiger partial charge in [0, 0.05) is 26.1 Å². The van der Waals surface area contributed by atoms with Gasteiger partial charge in [0.1, 0.15) is 0 Å². The Labute approximate surface area is 241 Å². The zero-order valence-corrected chi connectivity index (χ0v) is 26.0. The van der Waals surface area contributed by atoms with Gasteiger partial charge in [-0.1, -0.05) is 20.8 Å². The maximum Gasteiger partial charge on any atom is 0.266 e. The molecular weight excluding hydrogens is 532 g/mol. The summed E-state index contributed by atoms with van der Waals surface area (Å²) in [6.07, 6.45) is 5.65. The number of aliphatic hydroxyl groups is 3. The summed E-state index contributed by atoms with van der Waals surface area (Å²) in [5.41, 5.74) is -0.281. The maximum absolute atomic E-state index is 13.2. The number of nitrogens with zero attached hydrogens (tertiary/aromatic N) is 2. The van der Waals surface area contributed by atoms with Gasteiger partial charge in [0.05, 0.1) is 24.1 Å². The van der Waals surface area contributed by atoms with Gasteiger partial charge in [-0.05, 0) is 112 Å². The van der Waals surface area contributed by atoms with Crippen molar-refractivity contribution in [1.29, 1.82) is 0 Å². The highest BCUT2D eigenvalue weighted by molar-refractivity contribution is 7.85. The van der Waals surface area contributed by atoms with Crippen molar-refractivity contribution in [3.63, 3.8) is 0 Å². The van der Waals surface area contributed by atoms with E-state index in [-0.39, 0.29) is 59.0 Å². The fraction of sp³-hybridized carbons (Fsp3) is 0.967. The molecule has 0 aliphatic heterocycles. The van der Waals surface area contributed by atoms with E-state index in [0.29, 0.717) is 38.3 Å². The van der Waals surface area contributed by atoms with Crippen LogP contribution in [0.2, 0.25) is 0 Å². The average molecular weight is 587 g/mol. The second kappa shape index (κ2) is 12.1. The molecule has 1 amide bonds. The van der Waals surface area contributed by atoms with Crippen molar-refractivity contribution < 1.29 is 33.1 Å². The Balaban J connectivity index is 1.44. The molecule has 4 aliphatic carbocycles. The summed E-state index contributed by atoms with van der Waals surface area (Å²) in [7, 11) is -0.370. The van der Waals surface area contributed by atoms with E-state index in [0.717, 1.165) is 38.5 Å². The smallest absolute Gasteiger partial charge is 0.266 e. The van der Waals surface area contributed by atoms with Gasteiger partial charge in [-0.2, -0.15) is 8.42 Å². The Morgan fingerprint density at radius 3 is 2.33 bits per heavy atom. The number of likely N-dealkylation sites (N-methyl/N-ethyl adjacent to an activating group) is 1. The van der Waals surface area contributed by atoms with E-state index in [2.05, 4.69) is 20.8 Å².